The van der Waals surface area contributed by atoms with E-state index in [4.69, 9.17) is 10.3 Å². The molecule has 0 spiro atoms. The van der Waals surface area contributed by atoms with Gasteiger partial charge in [-0.1, -0.05) is 5.16 Å². The van der Waals surface area contributed by atoms with Gasteiger partial charge in [-0.15, -0.1) is 11.3 Å². The van der Waals surface area contributed by atoms with Crippen molar-refractivity contribution in [3.8, 4) is 0 Å². The summed E-state index contributed by atoms with van der Waals surface area (Å²) in [5, 5.41) is 7.05. The monoisotopic (exact) mass is 334 g/mol. The Balaban J connectivity index is 1.50. The summed E-state index contributed by atoms with van der Waals surface area (Å²) in [4.78, 5) is 13.3. The van der Waals surface area contributed by atoms with Crippen LogP contribution >= 0.6 is 11.3 Å². The number of hydrogen-bond donors (Lipinski definition) is 1. The number of anilines is 1. The molecule has 1 fully saturated rings. The van der Waals surface area contributed by atoms with Gasteiger partial charge in [0, 0.05) is 49.9 Å². The molecule has 7 nitrogen and oxygen atoms in total. The molecule has 3 rings (SSSR count). The first kappa shape index (κ1) is 15.8. The van der Waals surface area contributed by atoms with Gasteiger partial charge in [0.15, 0.2) is 11.1 Å². The van der Waals surface area contributed by atoms with E-state index in [1.54, 1.807) is 11.3 Å². The van der Waals surface area contributed by atoms with E-state index in [0.29, 0.717) is 12.5 Å². The maximum Gasteiger partial charge on any atom is 0.191 e. The van der Waals surface area contributed by atoms with E-state index < -0.39 is 0 Å². The van der Waals surface area contributed by atoms with Crippen LogP contribution in [0.15, 0.2) is 21.1 Å². The van der Waals surface area contributed by atoms with Crippen LogP contribution in [0.5, 0.6) is 0 Å². The third-order valence-electron chi connectivity index (χ3n) is 4.11. The summed E-state index contributed by atoms with van der Waals surface area (Å²) in [7, 11) is 0. The maximum atomic E-state index is 6.13. The molecular formula is C15H22N6OS. The smallest absolute Gasteiger partial charge is 0.191 e. The van der Waals surface area contributed by atoms with E-state index in [0.717, 1.165) is 54.7 Å². The molecule has 1 aliphatic rings. The summed E-state index contributed by atoms with van der Waals surface area (Å²) in [6.07, 6.45) is 2.65. The minimum Gasteiger partial charge on any atom is -0.370 e. The van der Waals surface area contributed by atoms with Crippen LogP contribution in [0.3, 0.4) is 0 Å². The van der Waals surface area contributed by atoms with E-state index in [9.17, 15) is 0 Å². The first-order chi connectivity index (χ1) is 11.1. The van der Waals surface area contributed by atoms with E-state index in [2.05, 4.69) is 24.9 Å². The Bertz CT molecular complexity index is 638. The summed E-state index contributed by atoms with van der Waals surface area (Å²) < 4.78 is 5.17. The molecule has 0 amide bonds. The number of aryl methyl sites for hydroxylation is 2. The van der Waals surface area contributed by atoms with Crippen molar-refractivity contribution in [1.29, 1.82) is 0 Å². The summed E-state index contributed by atoms with van der Waals surface area (Å²) in [5.74, 6) is 1.49. The molecule has 3 heterocycles. The van der Waals surface area contributed by atoms with Crippen LogP contribution in [-0.2, 0) is 6.42 Å². The Morgan fingerprint density at radius 2 is 2.13 bits per heavy atom. The van der Waals surface area contributed by atoms with Crippen molar-refractivity contribution in [2.45, 2.75) is 20.3 Å². The highest BCUT2D eigenvalue weighted by Crippen LogP contribution is 2.18. The highest BCUT2D eigenvalue weighted by molar-refractivity contribution is 7.13. The van der Waals surface area contributed by atoms with Gasteiger partial charge in [-0.3, -0.25) is 4.99 Å². The molecule has 0 bridgehead atoms. The van der Waals surface area contributed by atoms with Gasteiger partial charge in [0.1, 0.15) is 5.76 Å². The number of thiazole rings is 1. The number of rotatable bonds is 4. The highest BCUT2D eigenvalue weighted by Gasteiger charge is 2.19. The average Bonchev–Trinajstić information content (AvgIpc) is 3.20. The van der Waals surface area contributed by atoms with Crippen LogP contribution in [-0.4, -0.2) is 53.7 Å². The summed E-state index contributed by atoms with van der Waals surface area (Å²) >= 11 is 1.67. The molecule has 2 aromatic heterocycles. The fourth-order valence-electron chi connectivity index (χ4n) is 2.74. The van der Waals surface area contributed by atoms with Crippen molar-refractivity contribution in [1.82, 2.24) is 15.0 Å². The van der Waals surface area contributed by atoms with Crippen LogP contribution in [0.25, 0.3) is 0 Å². The number of hydrogen-bond acceptors (Lipinski definition) is 6. The number of guanidine groups is 1. The van der Waals surface area contributed by atoms with Crippen LogP contribution < -0.4 is 10.6 Å². The lowest BCUT2D eigenvalue weighted by Crippen LogP contribution is -2.51. The molecule has 0 aliphatic carbocycles. The van der Waals surface area contributed by atoms with Gasteiger partial charge in [-0.05, 0) is 20.3 Å². The van der Waals surface area contributed by atoms with Gasteiger partial charge in [0.2, 0.25) is 0 Å². The minimum atomic E-state index is 0.621. The molecule has 1 saturated heterocycles. The van der Waals surface area contributed by atoms with Crippen molar-refractivity contribution in [2.24, 2.45) is 10.7 Å². The zero-order valence-electron chi connectivity index (χ0n) is 13.5. The normalized spacial score (nSPS) is 16.2. The summed E-state index contributed by atoms with van der Waals surface area (Å²) in [6, 6.07) is 0. The fourth-order valence-corrected chi connectivity index (χ4v) is 3.44. The van der Waals surface area contributed by atoms with Crippen molar-refractivity contribution in [3.05, 3.63) is 28.6 Å². The first-order valence-corrected chi connectivity index (χ1v) is 8.64. The van der Waals surface area contributed by atoms with E-state index in [1.165, 1.54) is 0 Å². The third kappa shape index (κ3) is 3.64. The van der Waals surface area contributed by atoms with Crippen LogP contribution in [0.2, 0.25) is 0 Å². The van der Waals surface area contributed by atoms with Gasteiger partial charge in [0.05, 0.1) is 5.69 Å². The second-order valence-corrected chi connectivity index (χ2v) is 6.45. The van der Waals surface area contributed by atoms with Gasteiger partial charge in [-0.2, -0.15) is 0 Å². The molecule has 0 unspecified atom stereocenters. The molecule has 124 valence electrons. The Morgan fingerprint density at radius 1 is 1.35 bits per heavy atom. The summed E-state index contributed by atoms with van der Waals surface area (Å²) in [6.45, 7) is 8.14. The predicted octanol–water partition coefficient (Wildman–Crippen LogP) is 1.43. The zero-order valence-corrected chi connectivity index (χ0v) is 14.3. The second kappa shape index (κ2) is 6.99. The number of nitrogens with two attached hydrogens (primary N) is 1. The fraction of sp³-hybridized carbons (Fsp3) is 0.533. The number of aromatic nitrogens is 2. The third-order valence-corrected chi connectivity index (χ3v) is 4.94. The molecule has 1 aliphatic heterocycles. The lowest BCUT2D eigenvalue weighted by atomic mass is 10.1. The standard InChI is InChI=1S/C15H22N6OS/c1-11-13(12(2)22-19-11)3-4-17-14(16)20-6-8-21(9-7-20)15-18-5-10-23-15/h5,10H,3-4,6-9H2,1-2H3,(H2,16,17). The molecule has 23 heavy (non-hydrogen) atoms. The van der Waals surface area contributed by atoms with E-state index in [-0.39, 0.29) is 0 Å². The largest absolute Gasteiger partial charge is 0.370 e. The first-order valence-electron chi connectivity index (χ1n) is 7.76. The van der Waals surface area contributed by atoms with Crippen molar-refractivity contribution < 1.29 is 4.52 Å². The second-order valence-electron chi connectivity index (χ2n) is 5.58. The van der Waals surface area contributed by atoms with Gasteiger partial charge in [0.25, 0.3) is 0 Å². The van der Waals surface area contributed by atoms with Crippen LogP contribution in [0.1, 0.15) is 17.0 Å². The molecule has 2 aromatic rings. The Morgan fingerprint density at radius 3 is 2.74 bits per heavy atom. The number of aliphatic imine (C=N–C) groups is 1. The lowest BCUT2D eigenvalue weighted by Gasteiger charge is -2.35. The summed E-state index contributed by atoms with van der Waals surface area (Å²) in [5.41, 5.74) is 8.21. The molecular weight excluding hydrogens is 312 g/mol. The maximum absolute atomic E-state index is 6.13. The molecule has 2 N–H and O–H groups in total. The quantitative estimate of drug-likeness (QED) is 0.672. The molecule has 0 aromatic carbocycles. The van der Waals surface area contributed by atoms with E-state index in [1.807, 2.05) is 25.4 Å². The number of nitrogens with zero attached hydrogens (tertiary/aromatic N) is 5. The predicted molar refractivity (Wildman–Crippen MR) is 92.1 cm³/mol. The number of piperazine rings is 1. The van der Waals surface area contributed by atoms with Crippen LogP contribution in [0.4, 0.5) is 5.13 Å². The molecule has 0 radical (unpaired) electrons. The lowest BCUT2D eigenvalue weighted by molar-refractivity contribution is 0.380. The SMILES string of the molecule is Cc1noc(C)c1CCN=C(N)N1CCN(c2nccs2)CC1. The van der Waals surface area contributed by atoms with Gasteiger partial charge >= 0.3 is 0 Å². The Labute approximate surface area is 139 Å². The van der Waals surface area contributed by atoms with Crippen molar-refractivity contribution in [3.63, 3.8) is 0 Å². The Hall–Kier alpha value is -2.09. The van der Waals surface area contributed by atoms with E-state index >= 15 is 0 Å². The Kier molecular flexibility index (Phi) is 4.80. The molecule has 8 heteroatoms. The van der Waals surface area contributed by atoms with Crippen molar-refractivity contribution in [2.75, 3.05) is 37.6 Å². The minimum absolute atomic E-state index is 0.621. The molecule has 0 saturated carbocycles. The molecule has 0 atom stereocenters. The van der Waals surface area contributed by atoms with Crippen LogP contribution in [0, 0.1) is 13.8 Å². The highest BCUT2D eigenvalue weighted by atomic mass is 32.1. The topological polar surface area (TPSA) is 83.8 Å². The average molecular weight is 334 g/mol. The van der Waals surface area contributed by atoms with Crippen molar-refractivity contribution >= 4 is 22.4 Å². The van der Waals surface area contributed by atoms with Gasteiger partial charge < -0.3 is 20.1 Å². The van der Waals surface area contributed by atoms with Gasteiger partial charge in [-0.25, -0.2) is 4.98 Å². The zero-order chi connectivity index (χ0) is 16.2.